The highest BCUT2D eigenvalue weighted by Gasteiger charge is 2.30. The number of amides is 1. The van der Waals surface area contributed by atoms with Crippen molar-refractivity contribution in [2.24, 2.45) is 0 Å². The fraction of sp³-hybridized carbons (Fsp3) is 0.118. The Morgan fingerprint density at radius 1 is 1.17 bits per heavy atom. The van der Waals surface area contributed by atoms with Crippen LogP contribution < -0.4 is 4.90 Å². The minimum absolute atomic E-state index is 0.0224. The fourth-order valence-corrected chi connectivity index (χ4v) is 2.79. The molecule has 0 saturated carbocycles. The van der Waals surface area contributed by atoms with Gasteiger partial charge >= 0.3 is 5.97 Å². The Labute approximate surface area is 137 Å². The van der Waals surface area contributed by atoms with E-state index in [4.69, 9.17) is 16.7 Å². The van der Waals surface area contributed by atoms with Gasteiger partial charge in [-0.3, -0.25) is 9.59 Å². The zero-order valence-electron chi connectivity index (χ0n) is 12.0. The van der Waals surface area contributed by atoms with Crippen molar-refractivity contribution in [3.8, 4) is 0 Å². The van der Waals surface area contributed by atoms with Crippen molar-refractivity contribution in [2.45, 2.75) is 13.0 Å². The van der Waals surface area contributed by atoms with E-state index < -0.39 is 5.97 Å². The highest BCUT2D eigenvalue weighted by molar-refractivity contribution is 6.30. The highest BCUT2D eigenvalue weighted by Crippen LogP contribution is 2.30. The van der Waals surface area contributed by atoms with Crippen molar-refractivity contribution in [3.63, 3.8) is 0 Å². The van der Waals surface area contributed by atoms with Crippen molar-refractivity contribution in [1.82, 2.24) is 0 Å². The summed E-state index contributed by atoms with van der Waals surface area (Å²) < 4.78 is 0. The van der Waals surface area contributed by atoms with E-state index in [-0.39, 0.29) is 35.8 Å². The van der Waals surface area contributed by atoms with Crippen LogP contribution in [0.1, 0.15) is 32.7 Å². The average Bonchev–Trinajstić information content (AvgIpc) is 2.51. The number of carbonyl (C=O) groups is 3. The monoisotopic (exact) mass is 329 g/mol. The zero-order chi connectivity index (χ0) is 16.6. The summed E-state index contributed by atoms with van der Waals surface area (Å²) >= 11 is 5.96. The first-order chi connectivity index (χ1) is 11.0. The number of carboxylic acids is 1. The van der Waals surface area contributed by atoms with E-state index >= 15 is 0 Å². The molecule has 3 rings (SSSR count). The van der Waals surface area contributed by atoms with Gasteiger partial charge in [0.25, 0.3) is 0 Å². The number of nitrogens with zero attached hydrogens (tertiary/aromatic N) is 1. The minimum Gasteiger partial charge on any atom is -0.478 e. The third-order valence-electron chi connectivity index (χ3n) is 3.68. The maximum absolute atomic E-state index is 12.2. The molecule has 0 aliphatic carbocycles. The molecule has 5 nitrogen and oxygen atoms in total. The molecule has 0 bridgehead atoms. The second kappa shape index (κ2) is 5.85. The molecule has 1 aliphatic heterocycles. The van der Waals surface area contributed by atoms with Gasteiger partial charge in [-0.05, 0) is 35.9 Å². The second-order valence-corrected chi connectivity index (χ2v) is 5.68. The first kappa shape index (κ1) is 15.2. The van der Waals surface area contributed by atoms with Crippen molar-refractivity contribution >= 4 is 34.9 Å². The third-order valence-corrected chi connectivity index (χ3v) is 3.91. The van der Waals surface area contributed by atoms with Crippen molar-refractivity contribution in [3.05, 3.63) is 64.2 Å². The molecule has 0 unspecified atom stereocenters. The van der Waals surface area contributed by atoms with E-state index in [2.05, 4.69) is 0 Å². The lowest BCUT2D eigenvalue weighted by atomic mass is 9.97. The molecule has 0 fully saturated rings. The Hall–Kier alpha value is -2.66. The number of benzene rings is 2. The number of halogens is 1. The Kier molecular flexibility index (Phi) is 3.88. The summed E-state index contributed by atoms with van der Waals surface area (Å²) in [6.45, 7) is 0.270. The van der Waals surface area contributed by atoms with Crippen LogP contribution in [0.25, 0.3) is 0 Å². The number of Topliss-reactive ketones (excluding diaryl/α,β-unsaturated/α-hetero) is 1. The van der Waals surface area contributed by atoms with Crippen molar-refractivity contribution < 1.29 is 19.5 Å². The molecule has 116 valence electrons. The summed E-state index contributed by atoms with van der Waals surface area (Å²) in [5.74, 6) is -1.79. The van der Waals surface area contributed by atoms with Gasteiger partial charge in [-0.2, -0.15) is 0 Å². The normalized spacial score (nSPS) is 13.9. The molecule has 0 radical (unpaired) electrons. The van der Waals surface area contributed by atoms with Crippen LogP contribution in [0.3, 0.4) is 0 Å². The first-order valence-corrected chi connectivity index (χ1v) is 7.29. The minimum atomic E-state index is -1.11. The van der Waals surface area contributed by atoms with E-state index in [1.807, 2.05) is 6.07 Å². The Morgan fingerprint density at radius 2 is 1.96 bits per heavy atom. The topological polar surface area (TPSA) is 74.7 Å². The Morgan fingerprint density at radius 3 is 2.65 bits per heavy atom. The summed E-state index contributed by atoms with van der Waals surface area (Å²) in [5, 5.41) is 9.61. The van der Waals surface area contributed by atoms with Crippen LogP contribution in [-0.4, -0.2) is 22.8 Å². The Balaban J connectivity index is 2.02. The van der Waals surface area contributed by atoms with E-state index in [0.29, 0.717) is 10.7 Å². The maximum atomic E-state index is 12.2. The molecule has 1 aliphatic rings. The van der Waals surface area contributed by atoms with Gasteiger partial charge in [-0.1, -0.05) is 23.7 Å². The molecule has 2 aromatic rings. The quantitative estimate of drug-likeness (QED) is 0.878. The lowest BCUT2D eigenvalue weighted by Gasteiger charge is -2.29. The van der Waals surface area contributed by atoms with E-state index in [1.54, 1.807) is 18.2 Å². The standard InChI is InChI=1S/C17H12ClNO4/c18-12-3-1-2-10(6-12)9-19-14-5-4-11(17(22)23)7-13(14)15(20)8-16(19)21/h1-7H,8-9H2,(H,22,23). The molecule has 2 aromatic carbocycles. The molecule has 0 spiro atoms. The van der Waals surface area contributed by atoms with Gasteiger partial charge in [0.15, 0.2) is 5.78 Å². The van der Waals surface area contributed by atoms with E-state index in [0.717, 1.165) is 5.56 Å². The summed E-state index contributed by atoms with van der Waals surface area (Å²) in [6.07, 6.45) is -0.267. The molecule has 0 atom stereocenters. The second-order valence-electron chi connectivity index (χ2n) is 5.25. The number of rotatable bonds is 3. The summed E-state index contributed by atoms with van der Waals surface area (Å²) in [4.78, 5) is 36.8. The van der Waals surface area contributed by atoms with Gasteiger partial charge < -0.3 is 10.0 Å². The van der Waals surface area contributed by atoms with E-state index in [1.165, 1.54) is 23.1 Å². The number of carboxylic acid groups (broad SMARTS) is 1. The van der Waals surface area contributed by atoms with Gasteiger partial charge in [0, 0.05) is 10.6 Å². The number of anilines is 1. The van der Waals surface area contributed by atoms with E-state index in [9.17, 15) is 14.4 Å². The third kappa shape index (κ3) is 2.96. The SMILES string of the molecule is O=C(O)c1ccc2c(c1)C(=O)CC(=O)N2Cc1cccc(Cl)c1. The van der Waals surface area contributed by atoms with Crippen LogP contribution in [0.4, 0.5) is 5.69 Å². The number of hydrogen-bond donors (Lipinski definition) is 1. The van der Waals surface area contributed by atoms with Crippen LogP contribution in [0.5, 0.6) is 0 Å². The van der Waals surface area contributed by atoms with Gasteiger partial charge in [0.1, 0.15) is 0 Å². The molecule has 1 heterocycles. The molecule has 1 amide bonds. The summed E-state index contributed by atoms with van der Waals surface area (Å²) in [5.41, 5.74) is 1.53. The number of hydrogen-bond acceptors (Lipinski definition) is 3. The smallest absolute Gasteiger partial charge is 0.335 e. The summed E-state index contributed by atoms with van der Waals surface area (Å²) in [7, 11) is 0. The average molecular weight is 330 g/mol. The largest absolute Gasteiger partial charge is 0.478 e. The lowest BCUT2D eigenvalue weighted by molar-refractivity contribution is -0.118. The molecule has 0 aromatic heterocycles. The number of carbonyl (C=O) groups excluding carboxylic acids is 2. The zero-order valence-corrected chi connectivity index (χ0v) is 12.7. The van der Waals surface area contributed by atoms with Gasteiger partial charge in [0.05, 0.1) is 24.2 Å². The van der Waals surface area contributed by atoms with Crippen LogP contribution in [0.15, 0.2) is 42.5 Å². The highest BCUT2D eigenvalue weighted by atomic mass is 35.5. The Bertz CT molecular complexity index is 831. The van der Waals surface area contributed by atoms with Gasteiger partial charge in [-0.25, -0.2) is 4.79 Å². The maximum Gasteiger partial charge on any atom is 0.335 e. The van der Waals surface area contributed by atoms with Crippen LogP contribution >= 0.6 is 11.6 Å². The van der Waals surface area contributed by atoms with Crippen molar-refractivity contribution in [2.75, 3.05) is 4.90 Å². The molecule has 0 saturated heterocycles. The number of ketones is 1. The predicted octanol–water partition coefficient (Wildman–Crippen LogP) is 3.16. The molecule has 23 heavy (non-hydrogen) atoms. The molecule has 1 N–H and O–H groups in total. The van der Waals surface area contributed by atoms with Gasteiger partial charge in [-0.15, -0.1) is 0 Å². The van der Waals surface area contributed by atoms with Crippen LogP contribution in [0.2, 0.25) is 5.02 Å². The number of fused-ring (bicyclic) bond motifs is 1. The van der Waals surface area contributed by atoms with Crippen LogP contribution in [-0.2, 0) is 11.3 Å². The first-order valence-electron chi connectivity index (χ1n) is 6.91. The predicted molar refractivity (Wildman–Crippen MR) is 85.0 cm³/mol. The summed E-state index contributed by atoms with van der Waals surface area (Å²) in [6, 6.07) is 11.3. The fourth-order valence-electron chi connectivity index (χ4n) is 2.58. The lowest BCUT2D eigenvalue weighted by Crippen LogP contribution is -2.37. The van der Waals surface area contributed by atoms with Crippen LogP contribution in [0, 0.1) is 0 Å². The number of aromatic carboxylic acids is 1. The molecular weight excluding hydrogens is 318 g/mol. The molecular formula is C17H12ClNO4. The van der Waals surface area contributed by atoms with Crippen molar-refractivity contribution in [1.29, 1.82) is 0 Å². The molecule has 6 heteroatoms. The van der Waals surface area contributed by atoms with Gasteiger partial charge in [0.2, 0.25) is 5.91 Å².